The third-order valence-electron chi connectivity index (χ3n) is 5.29. The zero-order valence-corrected chi connectivity index (χ0v) is 12.6. The number of hydrogen-bond donors (Lipinski definition) is 1. The molecule has 0 aromatic heterocycles. The first kappa shape index (κ1) is 14.1. The number of fused-ring (bicyclic) bond motifs is 1. The Morgan fingerprint density at radius 1 is 1.30 bits per heavy atom. The Hall–Kier alpha value is -0.860. The Kier molecular flexibility index (Phi) is 4.13. The quantitative estimate of drug-likeness (QED) is 0.914. The van der Waals surface area contributed by atoms with Crippen LogP contribution >= 0.6 is 0 Å². The van der Waals surface area contributed by atoms with E-state index in [1.54, 1.807) is 0 Å². The molecule has 2 aliphatic rings. The summed E-state index contributed by atoms with van der Waals surface area (Å²) < 4.78 is 0. The number of rotatable bonds is 3. The van der Waals surface area contributed by atoms with Crippen LogP contribution in [0.25, 0.3) is 0 Å². The summed E-state index contributed by atoms with van der Waals surface area (Å²) in [7, 11) is 0. The van der Waals surface area contributed by atoms with Crippen molar-refractivity contribution >= 4 is 0 Å². The largest absolute Gasteiger partial charge is 0.396 e. The topological polar surface area (TPSA) is 23.5 Å². The van der Waals surface area contributed by atoms with Crippen molar-refractivity contribution in [1.29, 1.82) is 0 Å². The van der Waals surface area contributed by atoms with Crippen molar-refractivity contribution in [2.75, 3.05) is 19.7 Å². The standard InChI is InChI=1S/C18H27NO/c1-15-5-4-9-18(11-15,14-20)13-19-10-8-16-6-2-3-7-17(16)12-19/h2-3,6-7,15,20H,4-5,8-14H2,1H3. The lowest BCUT2D eigenvalue weighted by molar-refractivity contribution is 0.0200. The van der Waals surface area contributed by atoms with Gasteiger partial charge in [-0.2, -0.15) is 0 Å². The first-order valence-corrected chi connectivity index (χ1v) is 8.11. The molecule has 1 aromatic rings. The van der Waals surface area contributed by atoms with Gasteiger partial charge in [-0.25, -0.2) is 0 Å². The predicted octanol–water partition coefficient (Wildman–Crippen LogP) is 3.23. The molecule has 110 valence electrons. The van der Waals surface area contributed by atoms with E-state index in [1.165, 1.54) is 36.8 Å². The minimum atomic E-state index is 0.157. The summed E-state index contributed by atoms with van der Waals surface area (Å²) in [5.74, 6) is 0.771. The van der Waals surface area contributed by atoms with Crippen LogP contribution in [0.5, 0.6) is 0 Å². The van der Waals surface area contributed by atoms with Gasteiger partial charge < -0.3 is 5.11 Å². The van der Waals surface area contributed by atoms with Gasteiger partial charge >= 0.3 is 0 Å². The highest BCUT2D eigenvalue weighted by molar-refractivity contribution is 5.29. The van der Waals surface area contributed by atoms with Crippen molar-refractivity contribution in [1.82, 2.24) is 4.90 Å². The summed E-state index contributed by atoms with van der Waals surface area (Å²) in [6, 6.07) is 8.81. The highest BCUT2D eigenvalue weighted by Gasteiger charge is 2.36. The smallest absolute Gasteiger partial charge is 0.0499 e. The van der Waals surface area contributed by atoms with Crippen LogP contribution < -0.4 is 0 Å². The molecule has 1 heterocycles. The molecule has 0 radical (unpaired) electrons. The molecule has 1 fully saturated rings. The molecule has 0 bridgehead atoms. The lowest BCUT2D eigenvalue weighted by Crippen LogP contribution is -2.44. The summed E-state index contributed by atoms with van der Waals surface area (Å²) >= 11 is 0. The van der Waals surface area contributed by atoms with E-state index >= 15 is 0 Å². The van der Waals surface area contributed by atoms with Crippen LogP contribution in [0.15, 0.2) is 24.3 Å². The van der Waals surface area contributed by atoms with E-state index in [1.807, 2.05) is 0 Å². The van der Waals surface area contributed by atoms with E-state index in [0.717, 1.165) is 32.0 Å². The lowest BCUT2D eigenvalue weighted by Gasteiger charge is -2.43. The monoisotopic (exact) mass is 273 g/mol. The molecule has 20 heavy (non-hydrogen) atoms. The Balaban J connectivity index is 1.69. The third-order valence-corrected chi connectivity index (χ3v) is 5.29. The molecule has 3 rings (SSSR count). The Morgan fingerprint density at radius 2 is 2.10 bits per heavy atom. The molecule has 1 N–H and O–H groups in total. The molecule has 2 heteroatoms. The van der Waals surface area contributed by atoms with Crippen molar-refractivity contribution < 1.29 is 5.11 Å². The fraction of sp³-hybridized carbons (Fsp3) is 0.667. The molecule has 1 aromatic carbocycles. The van der Waals surface area contributed by atoms with Gasteiger partial charge in [-0.05, 0) is 36.3 Å². The van der Waals surface area contributed by atoms with Crippen molar-refractivity contribution in [3.05, 3.63) is 35.4 Å². The summed E-state index contributed by atoms with van der Waals surface area (Å²) in [6.45, 7) is 5.98. The first-order valence-electron chi connectivity index (χ1n) is 8.11. The lowest BCUT2D eigenvalue weighted by atomic mass is 9.70. The van der Waals surface area contributed by atoms with E-state index in [4.69, 9.17) is 0 Å². The molecule has 2 atom stereocenters. The van der Waals surface area contributed by atoms with Crippen molar-refractivity contribution in [2.45, 2.75) is 45.6 Å². The molecule has 2 nitrogen and oxygen atoms in total. The van der Waals surface area contributed by atoms with Crippen LogP contribution in [0.3, 0.4) is 0 Å². The molecular formula is C18H27NO. The third kappa shape index (κ3) is 2.91. The fourth-order valence-corrected chi connectivity index (χ4v) is 4.27. The van der Waals surface area contributed by atoms with Crippen LogP contribution in [-0.4, -0.2) is 29.7 Å². The van der Waals surface area contributed by atoms with Gasteiger partial charge in [-0.15, -0.1) is 0 Å². The minimum absolute atomic E-state index is 0.157. The predicted molar refractivity (Wildman–Crippen MR) is 82.6 cm³/mol. The average Bonchev–Trinajstić information content (AvgIpc) is 2.47. The summed E-state index contributed by atoms with van der Waals surface area (Å²) in [4.78, 5) is 2.57. The van der Waals surface area contributed by atoms with Gasteiger partial charge in [0.1, 0.15) is 0 Å². The zero-order valence-electron chi connectivity index (χ0n) is 12.6. The Morgan fingerprint density at radius 3 is 2.85 bits per heavy atom. The van der Waals surface area contributed by atoms with Crippen molar-refractivity contribution in [3.63, 3.8) is 0 Å². The fourth-order valence-electron chi connectivity index (χ4n) is 4.27. The normalized spacial score (nSPS) is 31.0. The van der Waals surface area contributed by atoms with E-state index in [-0.39, 0.29) is 5.41 Å². The van der Waals surface area contributed by atoms with E-state index < -0.39 is 0 Å². The molecule has 0 amide bonds. The van der Waals surface area contributed by atoms with Gasteiger partial charge in [-0.3, -0.25) is 4.90 Å². The zero-order chi connectivity index (χ0) is 14.0. The molecule has 1 aliphatic carbocycles. The minimum Gasteiger partial charge on any atom is -0.396 e. The van der Waals surface area contributed by atoms with Gasteiger partial charge in [0.05, 0.1) is 0 Å². The second kappa shape index (κ2) is 5.87. The number of benzene rings is 1. The van der Waals surface area contributed by atoms with Gasteiger partial charge in [0.15, 0.2) is 0 Å². The maximum atomic E-state index is 9.96. The molecule has 2 unspecified atom stereocenters. The summed E-state index contributed by atoms with van der Waals surface area (Å²) in [6.07, 6.45) is 6.18. The molecule has 0 saturated heterocycles. The van der Waals surface area contributed by atoms with E-state index in [9.17, 15) is 5.11 Å². The summed E-state index contributed by atoms with van der Waals surface area (Å²) in [5.41, 5.74) is 3.15. The van der Waals surface area contributed by atoms with Crippen LogP contribution in [0, 0.1) is 11.3 Å². The Bertz CT molecular complexity index is 458. The molecular weight excluding hydrogens is 246 g/mol. The first-order chi connectivity index (χ1) is 9.71. The molecule has 0 spiro atoms. The van der Waals surface area contributed by atoms with E-state index in [0.29, 0.717) is 6.61 Å². The number of aliphatic hydroxyl groups excluding tert-OH is 1. The van der Waals surface area contributed by atoms with E-state index in [2.05, 4.69) is 36.1 Å². The number of hydrogen-bond acceptors (Lipinski definition) is 2. The highest BCUT2D eigenvalue weighted by atomic mass is 16.3. The summed E-state index contributed by atoms with van der Waals surface area (Å²) in [5, 5.41) is 9.96. The van der Waals surface area contributed by atoms with Gasteiger partial charge in [0.25, 0.3) is 0 Å². The molecule has 1 aliphatic heterocycles. The number of nitrogens with zero attached hydrogens (tertiary/aromatic N) is 1. The number of aliphatic hydroxyl groups is 1. The maximum Gasteiger partial charge on any atom is 0.0499 e. The van der Waals surface area contributed by atoms with Crippen LogP contribution in [0.1, 0.15) is 43.7 Å². The van der Waals surface area contributed by atoms with Gasteiger partial charge in [-0.1, -0.05) is 44.0 Å². The average molecular weight is 273 g/mol. The Labute approximate surface area is 122 Å². The van der Waals surface area contributed by atoms with Crippen LogP contribution in [-0.2, 0) is 13.0 Å². The van der Waals surface area contributed by atoms with Crippen molar-refractivity contribution in [2.24, 2.45) is 11.3 Å². The van der Waals surface area contributed by atoms with Crippen LogP contribution in [0.2, 0.25) is 0 Å². The maximum absolute atomic E-state index is 9.96. The SMILES string of the molecule is CC1CCCC(CO)(CN2CCc3ccccc3C2)C1. The second-order valence-corrected chi connectivity index (χ2v) is 7.09. The molecule has 1 saturated carbocycles. The van der Waals surface area contributed by atoms with Crippen molar-refractivity contribution in [3.8, 4) is 0 Å². The van der Waals surface area contributed by atoms with Crippen LogP contribution in [0.4, 0.5) is 0 Å². The van der Waals surface area contributed by atoms with Gasteiger partial charge in [0, 0.05) is 31.7 Å². The van der Waals surface area contributed by atoms with Gasteiger partial charge in [0.2, 0.25) is 0 Å². The second-order valence-electron chi connectivity index (χ2n) is 7.09. The highest BCUT2D eigenvalue weighted by Crippen LogP contribution is 2.40.